The van der Waals surface area contributed by atoms with E-state index in [-0.39, 0.29) is 0 Å². The zero-order valence-corrected chi connectivity index (χ0v) is 10.5. The molecule has 2 aromatic rings. The highest BCUT2D eigenvalue weighted by atomic mass is 35.5. The quantitative estimate of drug-likeness (QED) is 0.844. The number of piperazine rings is 1. The molecule has 0 saturated carbocycles. The van der Waals surface area contributed by atoms with Crippen LogP contribution in [0.3, 0.4) is 0 Å². The Morgan fingerprint density at radius 3 is 3.18 bits per heavy atom. The number of hydrogen-bond donors (Lipinski definition) is 1. The monoisotopic (exact) mass is 250 g/mol. The van der Waals surface area contributed by atoms with Crippen molar-refractivity contribution < 1.29 is 4.42 Å². The van der Waals surface area contributed by atoms with E-state index in [0.717, 1.165) is 41.3 Å². The smallest absolute Gasteiger partial charge is 0.157 e. The van der Waals surface area contributed by atoms with Crippen molar-refractivity contribution in [3.8, 4) is 0 Å². The van der Waals surface area contributed by atoms with E-state index in [1.54, 1.807) is 6.26 Å². The first-order chi connectivity index (χ1) is 8.24. The van der Waals surface area contributed by atoms with Gasteiger partial charge >= 0.3 is 0 Å². The second-order valence-corrected chi connectivity index (χ2v) is 5.00. The van der Waals surface area contributed by atoms with Crippen LogP contribution in [0.4, 0.5) is 5.69 Å². The zero-order valence-electron chi connectivity index (χ0n) is 9.74. The third-order valence-corrected chi connectivity index (χ3v) is 3.42. The molecule has 1 N–H and O–H groups in total. The number of halogens is 1. The van der Waals surface area contributed by atoms with Gasteiger partial charge in [0.2, 0.25) is 0 Å². The highest BCUT2D eigenvalue weighted by Gasteiger charge is 2.19. The molecule has 0 spiro atoms. The molecule has 90 valence electrons. The van der Waals surface area contributed by atoms with Gasteiger partial charge < -0.3 is 14.6 Å². The van der Waals surface area contributed by atoms with Gasteiger partial charge in [-0.05, 0) is 25.1 Å². The van der Waals surface area contributed by atoms with Crippen LogP contribution in [0.2, 0.25) is 5.02 Å². The van der Waals surface area contributed by atoms with E-state index in [1.807, 2.05) is 18.2 Å². The van der Waals surface area contributed by atoms with Gasteiger partial charge in [-0.15, -0.1) is 0 Å². The topological polar surface area (TPSA) is 28.4 Å². The van der Waals surface area contributed by atoms with Crippen molar-refractivity contribution in [2.45, 2.75) is 13.0 Å². The second kappa shape index (κ2) is 4.24. The Bertz CT molecular complexity index is 537. The Morgan fingerprint density at radius 2 is 2.35 bits per heavy atom. The average Bonchev–Trinajstić information content (AvgIpc) is 2.75. The molecule has 1 aliphatic rings. The molecule has 4 heteroatoms. The van der Waals surface area contributed by atoms with Gasteiger partial charge in [-0.25, -0.2) is 0 Å². The summed E-state index contributed by atoms with van der Waals surface area (Å²) in [4.78, 5) is 2.33. The minimum Gasteiger partial charge on any atom is -0.462 e. The lowest BCUT2D eigenvalue weighted by atomic mass is 10.1. The number of furan rings is 1. The molecule has 1 atom stereocenters. The van der Waals surface area contributed by atoms with E-state index in [2.05, 4.69) is 17.1 Å². The maximum absolute atomic E-state index is 6.15. The molecule has 1 aliphatic heterocycles. The lowest BCUT2D eigenvalue weighted by molar-refractivity contribution is 0.483. The number of fused-ring (bicyclic) bond motifs is 1. The van der Waals surface area contributed by atoms with Crippen LogP contribution in [0, 0.1) is 0 Å². The molecule has 0 amide bonds. The first-order valence-corrected chi connectivity index (χ1v) is 6.27. The van der Waals surface area contributed by atoms with E-state index in [9.17, 15) is 0 Å². The molecule has 3 nitrogen and oxygen atoms in total. The highest BCUT2D eigenvalue weighted by Crippen LogP contribution is 2.32. The molecule has 3 rings (SSSR count). The van der Waals surface area contributed by atoms with Crippen molar-refractivity contribution in [1.82, 2.24) is 5.32 Å². The van der Waals surface area contributed by atoms with Crippen molar-refractivity contribution in [1.29, 1.82) is 0 Å². The summed E-state index contributed by atoms with van der Waals surface area (Å²) in [5.41, 5.74) is 2.04. The lowest BCUT2D eigenvalue weighted by Crippen LogP contribution is -2.49. The molecule has 1 aromatic carbocycles. The zero-order chi connectivity index (χ0) is 11.8. The molecule has 0 bridgehead atoms. The number of anilines is 1. The number of nitrogens with zero attached hydrogens (tertiary/aromatic N) is 1. The van der Waals surface area contributed by atoms with E-state index in [0.29, 0.717) is 6.04 Å². The molecule has 0 aliphatic carbocycles. The first-order valence-electron chi connectivity index (χ1n) is 5.89. The standard InChI is InChI=1S/C13H15ClN2O/c1-9-8-16(4-3-15-9)12-7-11(14)6-10-2-5-17-13(10)12/h2,5-7,9,15H,3-4,8H2,1H3/t9-/m0/s1. The van der Waals surface area contributed by atoms with Crippen LogP contribution < -0.4 is 10.2 Å². The van der Waals surface area contributed by atoms with Crippen LogP contribution in [0.25, 0.3) is 11.0 Å². The Hall–Kier alpha value is -1.19. The van der Waals surface area contributed by atoms with Gasteiger partial charge in [-0.2, -0.15) is 0 Å². The molecule has 1 fully saturated rings. The Balaban J connectivity index is 2.06. The predicted molar refractivity (Wildman–Crippen MR) is 70.9 cm³/mol. The summed E-state index contributed by atoms with van der Waals surface area (Å²) in [7, 11) is 0. The Kier molecular flexibility index (Phi) is 2.73. The van der Waals surface area contributed by atoms with Gasteiger partial charge in [0.25, 0.3) is 0 Å². The fourth-order valence-corrected chi connectivity index (χ4v) is 2.63. The summed E-state index contributed by atoms with van der Waals surface area (Å²) in [5.74, 6) is 0. The summed E-state index contributed by atoms with van der Waals surface area (Å²) in [6, 6.07) is 6.38. The molecular formula is C13H15ClN2O. The predicted octanol–water partition coefficient (Wildman–Crippen LogP) is 2.88. The number of benzene rings is 1. The number of rotatable bonds is 1. The van der Waals surface area contributed by atoms with Crippen LogP contribution in [0.5, 0.6) is 0 Å². The van der Waals surface area contributed by atoms with Crippen molar-refractivity contribution in [3.63, 3.8) is 0 Å². The van der Waals surface area contributed by atoms with E-state index in [1.165, 1.54) is 0 Å². The second-order valence-electron chi connectivity index (χ2n) is 4.57. The summed E-state index contributed by atoms with van der Waals surface area (Å²) in [6.45, 7) is 5.16. The fraction of sp³-hybridized carbons (Fsp3) is 0.385. The summed E-state index contributed by atoms with van der Waals surface area (Å²) >= 11 is 6.15. The van der Waals surface area contributed by atoms with Crippen LogP contribution >= 0.6 is 11.6 Å². The maximum Gasteiger partial charge on any atom is 0.157 e. The van der Waals surface area contributed by atoms with Gasteiger partial charge in [0.1, 0.15) is 0 Å². The third-order valence-electron chi connectivity index (χ3n) is 3.21. The molecular weight excluding hydrogens is 236 g/mol. The number of hydrogen-bond acceptors (Lipinski definition) is 3. The average molecular weight is 251 g/mol. The van der Waals surface area contributed by atoms with Gasteiger partial charge in [0.15, 0.2) is 5.58 Å². The SMILES string of the molecule is C[C@H]1CN(c2cc(Cl)cc3ccoc23)CCN1. The largest absolute Gasteiger partial charge is 0.462 e. The minimum atomic E-state index is 0.493. The van der Waals surface area contributed by atoms with Crippen LogP contribution in [0.1, 0.15) is 6.92 Å². The molecule has 2 heterocycles. The van der Waals surface area contributed by atoms with Crippen LogP contribution in [-0.4, -0.2) is 25.7 Å². The van der Waals surface area contributed by atoms with Gasteiger partial charge in [0.05, 0.1) is 12.0 Å². The van der Waals surface area contributed by atoms with Crippen molar-refractivity contribution >= 4 is 28.3 Å². The first kappa shape index (κ1) is 10.9. The summed E-state index contributed by atoms with van der Waals surface area (Å²) in [6.07, 6.45) is 1.72. The maximum atomic E-state index is 6.15. The lowest BCUT2D eigenvalue weighted by Gasteiger charge is -2.33. The molecule has 0 radical (unpaired) electrons. The summed E-state index contributed by atoms with van der Waals surface area (Å²) < 4.78 is 5.57. The molecule has 1 saturated heterocycles. The van der Waals surface area contributed by atoms with Gasteiger partial charge in [0, 0.05) is 36.1 Å². The Labute approximate surface area is 105 Å². The van der Waals surface area contributed by atoms with E-state index >= 15 is 0 Å². The van der Waals surface area contributed by atoms with E-state index in [4.69, 9.17) is 16.0 Å². The minimum absolute atomic E-state index is 0.493. The van der Waals surface area contributed by atoms with Crippen molar-refractivity contribution in [3.05, 3.63) is 29.5 Å². The third kappa shape index (κ3) is 2.01. The fourth-order valence-electron chi connectivity index (χ4n) is 2.41. The molecule has 0 unspecified atom stereocenters. The van der Waals surface area contributed by atoms with Crippen molar-refractivity contribution in [2.24, 2.45) is 0 Å². The summed E-state index contributed by atoms with van der Waals surface area (Å²) in [5, 5.41) is 5.27. The van der Waals surface area contributed by atoms with Crippen LogP contribution in [0.15, 0.2) is 28.9 Å². The van der Waals surface area contributed by atoms with Gasteiger partial charge in [-0.3, -0.25) is 0 Å². The number of nitrogens with one attached hydrogen (secondary N) is 1. The molecule has 17 heavy (non-hydrogen) atoms. The van der Waals surface area contributed by atoms with E-state index < -0.39 is 0 Å². The Morgan fingerprint density at radius 1 is 1.47 bits per heavy atom. The molecule has 1 aromatic heterocycles. The van der Waals surface area contributed by atoms with Crippen LogP contribution in [-0.2, 0) is 0 Å². The van der Waals surface area contributed by atoms with Gasteiger partial charge in [-0.1, -0.05) is 11.6 Å². The highest BCUT2D eigenvalue weighted by molar-refractivity contribution is 6.31. The van der Waals surface area contributed by atoms with Crippen molar-refractivity contribution in [2.75, 3.05) is 24.5 Å². The normalized spacial score (nSPS) is 21.1.